The standard InChI is InChI=1S/C24H20F9N/c1-20-9-2-3-10-21(20,13-22(25,26)27)34-19(14-5-4-6-15(11-14)23(28,29)30)17-12-16(24(31,32)33)7-8-18(17)20/h4-8,11-12H,2-3,9-10,13H2,1H3. The van der Waals surface area contributed by atoms with Gasteiger partial charge in [0.15, 0.2) is 0 Å². The average Bonchev–Trinajstić information content (AvgIpc) is 2.71. The van der Waals surface area contributed by atoms with Gasteiger partial charge in [0, 0.05) is 16.5 Å². The lowest BCUT2D eigenvalue weighted by molar-refractivity contribution is -0.156. The van der Waals surface area contributed by atoms with Gasteiger partial charge in [0.2, 0.25) is 0 Å². The van der Waals surface area contributed by atoms with Crippen LogP contribution in [0.1, 0.15) is 66.8 Å². The highest BCUT2D eigenvalue weighted by Crippen LogP contribution is 2.56. The molecule has 1 saturated carbocycles. The van der Waals surface area contributed by atoms with Gasteiger partial charge < -0.3 is 0 Å². The van der Waals surface area contributed by atoms with E-state index in [4.69, 9.17) is 0 Å². The number of alkyl halides is 9. The Labute approximate surface area is 189 Å². The number of aliphatic imine (C=N–C) groups is 1. The van der Waals surface area contributed by atoms with Crippen LogP contribution in [0.2, 0.25) is 0 Å². The Morgan fingerprint density at radius 2 is 1.41 bits per heavy atom. The molecular weight excluding hydrogens is 473 g/mol. The molecule has 0 saturated heterocycles. The molecule has 1 nitrogen and oxygen atoms in total. The highest BCUT2D eigenvalue weighted by molar-refractivity contribution is 6.15. The van der Waals surface area contributed by atoms with Gasteiger partial charge in [-0.2, -0.15) is 39.5 Å². The molecule has 0 radical (unpaired) electrons. The first kappa shape index (κ1) is 24.6. The van der Waals surface area contributed by atoms with E-state index in [1.165, 1.54) is 6.07 Å². The van der Waals surface area contributed by atoms with Crippen LogP contribution in [0, 0.1) is 0 Å². The topological polar surface area (TPSA) is 12.4 Å². The van der Waals surface area contributed by atoms with Crippen molar-refractivity contribution in [3.63, 3.8) is 0 Å². The van der Waals surface area contributed by atoms with Crippen LogP contribution in [0.15, 0.2) is 47.5 Å². The van der Waals surface area contributed by atoms with Crippen molar-refractivity contribution < 1.29 is 39.5 Å². The zero-order valence-electron chi connectivity index (χ0n) is 17.9. The van der Waals surface area contributed by atoms with Crippen molar-refractivity contribution in [3.8, 4) is 0 Å². The fourth-order valence-corrected chi connectivity index (χ4v) is 5.36. The van der Waals surface area contributed by atoms with Crippen LogP contribution in [-0.2, 0) is 17.8 Å². The summed E-state index contributed by atoms with van der Waals surface area (Å²) >= 11 is 0. The molecule has 184 valence electrons. The second-order valence-corrected chi connectivity index (χ2v) is 9.16. The molecule has 0 bridgehead atoms. The molecule has 1 aliphatic heterocycles. The monoisotopic (exact) mass is 493 g/mol. The summed E-state index contributed by atoms with van der Waals surface area (Å²) in [6.07, 6.45) is -14.2. The maximum atomic E-state index is 13.8. The molecule has 0 N–H and O–H groups in total. The molecule has 1 aliphatic carbocycles. The van der Waals surface area contributed by atoms with Gasteiger partial charge in [0.1, 0.15) is 0 Å². The van der Waals surface area contributed by atoms with Crippen LogP contribution in [-0.4, -0.2) is 17.4 Å². The highest BCUT2D eigenvalue weighted by atomic mass is 19.4. The third kappa shape index (κ3) is 4.20. The molecule has 0 spiro atoms. The van der Waals surface area contributed by atoms with E-state index in [1.54, 1.807) is 6.92 Å². The second kappa shape index (κ2) is 7.75. The van der Waals surface area contributed by atoms with E-state index >= 15 is 0 Å². The molecule has 1 heterocycles. The molecule has 1 fully saturated rings. The van der Waals surface area contributed by atoms with Crippen molar-refractivity contribution in [2.24, 2.45) is 4.99 Å². The van der Waals surface area contributed by atoms with Crippen molar-refractivity contribution in [3.05, 3.63) is 70.3 Å². The zero-order chi connectivity index (χ0) is 25.2. The second-order valence-electron chi connectivity index (χ2n) is 9.16. The zero-order valence-corrected chi connectivity index (χ0v) is 17.9. The third-order valence-corrected chi connectivity index (χ3v) is 7.02. The normalized spacial score (nSPS) is 25.4. The molecule has 2 aromatic rings. The predicted molar refractivity (Wildman–Crippen MR) is 108 cm³/mol. The molecule has 4 rings (SSSR count). The van der Waals surface area contributed by atoms with E-state index in [0.29, 0.717) is 12.8 Å². The Bertz CT molecular complexity index is 1130. The van der Waals surface area contributed by atoms with Gasteiger partial charge in [-0.1, -0.05) is 38.0 Å². The highest BCUT2D eigenvalue weighted by Gasteiger charge is 2.58. The lowest BCUT2D eigenvalue weighted by atomic mass is 9.55. The lowest BCUT2D eigenvalue weighted by Gasteiger charge is -2.53. The first-order valence-electron chi connectivity index (χ1n) is 10.6. The molecule has 34 heavy (non-hydrogen) atoms. The first-order chi connectivity index (χ1) is 15.6. The van der Waals surface area contributed by atoms with Crippen molar-refractivity contribution in [2.45, 2.75) is 68.5 Å². The molecule has 10 heteroatoms. The van der Waals surface area contributed by atoms with E-state index in [2.05, 4.69) is 4.99 Å². The van der Waals surface area contributed by atoms with Crippen molar-refractivity contribution in [1.82, 2.24) is 0 Å². The van der Waals surface area contributed by atoms with Gasteiger partial charge in [-0.3, -0.25) is 4.99 Å². The largest absolute Gasteiger partial charge is 0.416 e. The van der Waals surface area contributed by atoms with Crippen molar-refractivity contribution in [1.29, 1.82) is 0 Å². The number of fused-ring (bicyclic) bond motifs is 3. The number of hydrogen-bond acceptors (Lipinski definition) is 1. The first-order valence-corrected chi connectivity index (χ1v) is 10.6. The van der Waals surface area contributed by atoms with Gasteiger partial charge in [0.25, 0.3) is 0 Å². The summed E-state index contributed by atoms with van der Waals surface area (Å²) in [5.41, 5.74) is -5.38. The predicted octanol–water partition coefficient (Wildman–Crippen LogP) is 8.10. The number of halogens is 9. The summed E-state index contributed by atoms with van der Waals surface area (Å²) in [6.45, 7) is 1.57. The number of rotatable bonds is 2. The molecule has 2 atom stereocenters. The third-order valence-electron chi connectivity index (χ3n) is 7.02. The molecule has 0 amide bonds. The maximum Gasteiger partial charge on any atom is 0.416 e. The Morgan fingerprint density at radius 1 is 0.794 bits per heavy atom. The van der Waals surface area contributed by atoms with Crippen molar-refractivity contribution in [2.75, 3.05) is 0 Å². The molecular formula is C24H20F9N. The van der Waals surface area contributed by atoms with E-state index in [0.717, 1.165) is 36.4 Å². The van der Waals surface area contributed by atoms with Gasteiger partial charge in [-0.05, 0) is 42.7 Å². The fraction of sp³-hybridized carbons (Fsp3) is 0.458. The van der Waals surface area contributed by atoms with Crippen LogP contribution in [0.5, 0.6) is 0 Å². The summed E-state index contributed by atoms with van der Waals surface area (Å²) < 4.78 is 122. The van der Waals surface area contributed by atoms with E-state index in [9.17, 15) is 39.5 Å². The Hall–Kier alpha value is -2.52. The SMILES string of the molecule is CC12CCCCC1(CC(F)(F)F)N=C(c1cccc(C(F)(F)F)c1)c1cc(C(F)(F)F)ccc12. The summed E-state index contributed by atoms with van der Waals surface area (Å²) in [6, 6.07) is 6.56. The molecule has 2 aliphatic rings. The smallest absolute Gasteiger partial charge is 0.276 e. The van der Waals surface area contributed by atoms with Gasteiger partial charge in [0.05, 0.1) is 28.8 Å². The average molecular weight is 493 g/mol. The van der Waals surface area contributed by atoms with Gasteiger partial charge >= 0.3 is 18.5 Å². The summed E-state index contributed by atoms with van der Waals surface area (Å²) in [4.78, 5) is 4.41. The minimum absolute atomic E-state index is 0.0198. The maximum absolute atomic E-state index is 13.8. The Kier molecular flexibility index (Phi) is 5.60. The molecule has 0 aromatic heterocycles. The quantitative estimate of drug-likeness (QED) is 0.375. The van der Waals surface area contributed by atoms with Crippen LogP contribution in [0.4, 0.5) is 39.5 Å². The van der Waals surface area contributed by atoms with Crippen LogP contribution in [0.25, 0.3) is 0 Å². The van der Waals surface area contributed by atoms with Crippen LogP contribution in [0.3, 0.4) is 0 Å². The van der Waals surface area contributed by atoms with Crippen molar-refractivity contribution >= 4 is 5.71 Å². The summed E-state index contributed by atoms with van der Waals surface area (Å²) in [7, 11) is 0. The number of hydrogen-bond donors (Lipinski definition) is 0. The fourth-order valence-electron chi connectivity index (χ4n) is 5.36. The minimum Gasteiger partial charge on any atom is -0.276 e. The van der Waals surface area contributed by atoms with Crippen LogP contribution < -0.4 is 0 Å². The minimum atomic E-state index is -4.75. The van der Waals surface area contributed by atoms with Gasteiger partial charge in [-0.15, -0.1) is 0 Å². The van der Waals surface area contributed by atoms with E-state index in [1.807, 2.05) is 0 Å². The van der Waals surface area contributed by atoms with E-state index in [-0.39, 0.29) is 35.2 Å². The molecule has 2 aromatic carbocycles. The number of benzene rings is 2. The number of nitrogens with zero attached hydrogens (tertiary/aromatic N) is 1. The van der Waals surface area contributed by atoms with Gasteiger partial charge in [-0.25, -0.2) is 0 Å². The van der Waals surface area contributed by atoms with E-state index < -0.39 is 47.0 Å². The Balaban J connectivity index is 2.03. The molecule has 2 unspecified atom stereocenters. The summed E-state index contributed by atoms with van der Waals surface area (Å²) in [5.74, 6) is 0. The Morgan fingerprint density at radius 3 is 2.03 bits per heavy atom. The van der Waals surface area contributed by atoms with Crippen LogP contribution >= 0.6 is 0 Å². The summed E-state index contributed by atoms with van der Waals surface area (Å²) in [5, 5.41) is 0. The lowest BCUT2D eigenvalue weighted by Crippen LogP contribution is -2.56.